The first kappa shape index (κ1) is 19.1. The third-order valence-corrected chi connectivity index (χ3v) is 4.97. The topological polar surface area (TPSA) is 91.2 Å². The molecule has 29 heavy (non-hydrogen) atoms. The van der Waals surface area contributed by atoms with Gasteiger partial charge >= 0.3 is 5.97 Å². The molecule has 0 bridgehead atoms. The first-order valence-electron chi connectivity index (χ1n) is 8.99. The fourth-order valence-corrected chi connectivity index (χ4v) is 3.48. The van der Waals surface area contributed by atoms with Crippen LogP contribution in [0.15, 0.2) is 53.8 Å². The van der Waals surface area contributed by atoms with E-state index in [0.29, 0.717) is 28.8 Å². The number of para-hydroxylation sites is 2. The molecule has 1 amide bonds. The van der Waals surface area contributed by atoms with Crippen LogP contribution in [-0.2, 0) is 9.53 Å². The van der Waals surface area contributed by atoms with Crippen LogP contribution in [0.1, 0.15) is 10.5 Å². The lowest BCUT2D eigenvalue weighted by molar-refractivity contribution is -0.124. The van der Waals surface area contributed by atoms with Crippen LogP contribution in [0.4, 0.5) is 0 Å². The van der Waals surface area contributed by atoms with E-state index in [1.54, 1.807) is 10.5 Å². The van der Waals surface area contributed by atoms with E-state index >= 15 is 0 Å². The molecule has 2 aromatic heterocycles. The second-order valence-electron chi connectivity index (χ2n) is 6.28. The molecule has 0 fully saturated rings. The van der Waals surface area contributed by atoms with Crippen molar-refractivity contribution in [2.45, 2.75) is 11.3 Å². The van der Waals surface area contributed by atoms with Crippen LogP contribution in [0.3, 0.4) is 0 Å². The summed E-state index contributed by atoms with van der Waals surface area (Å²) in [4.78, 5) is 28.8. The molecule has 0 aliphatic carbocycles. The number of nitrogens with zero attached hydrogens (tertiary/aromatic N) is 2. The van der Waals surface area contributed by atoms with Crippen molar-refractivity contribution in [1.82, 2.24) is 14.7 Å². The van der Waals surface area contributed by atoms with Crippen LogP contribution in [0.25, 0.3) is 5.52 Å². The predicted molar refractivity (Wildman–Crippen MR) is 107 cm³/mol. The van der Waals surface area contributed by atoms with Gasteiger partial charge in [0.25, 0.3) is 5.91 Å². The van der Waals surface area contributed by atoms with Crippen LogP contribution >= 0.6 is 11.8 Å². The number of hydrogen-bond acceptors (Lipinski definition) is 7. The number of nitrogens with one attached hydrogen (secondary N) is 1. The van der Waals surface area contributed by atoms with Crippen molar-refractivity contribution >= 4 is 29.2 Å². The Bertz CT molecular complexity index is 1050. The summed E-state index contributed by atoms with van der Waals surface area (Å²) in [6.07, 6.45) is 3.38. The summed E-state index contributed by atoms with van der Waals surface area (Å²) in [7, 11) is 0. The Balaban J connectivity index is 1.30. The fourth-order valence-electron chi connectivity index (χ4n) is 2.95. The summed E-state index contributed by atoms with van der Waals surface area (Å²) < 4.78 is 18.3. The molecule has 3 heterocycles. The molecule has 1 unspecified atom stereocenters. The second kappa shape index (κ2) is 8.44. The Labute approximate surface area is 171 Å². The van der Waals surface area contributed by atoms with E-state index in [-0.39, 0.29) is 18.3 Å². The lowest BCUT2D eigenvalue weighted by Gasteiger charge is -2.26. The van der Waals surface area contributed by atoms with E-state index in [0.717, 1.165) is 0 Å². The number of imidazole rings is 1. The summed E-state index contributed by atoms with van der Waals surface area (Å²) in [5.74, 6) is 0.256. The van der Waals surface area contributed by atoms with Gasteiger partial charge in [-0.05, 0) is 30.5 Å². The van der Waals surface area contributed by atoms with Crippen molar-refractivity contribution in [1.29, 1.82) is 0 Å². The van der Waals surface area contributed by atoms with Gasteiger partial charge in [0.05, 0.1) is 12.1 Å². The van der Waals surface area contributed by atoms with Crippen molar-refractivity contribution < 1.29 is 23.8 Å². The quantitative estimate of drug-likeness (QED) is 0.489. The van der Waals surface area contributed by atoms with Gasteiger partial charge in [-0.2, -0.15) is 0 Å². The number of hydrogen-bond donors (Lipinski definition) is 1. The van der Waals surface area contributed by atoms with E-state index in [9.17, 15) is 9.59 Å². The molecule has 4 rings (SSSR count). The number of benzene rings is 1. The number of amides is 1. The normalized spacial score (nSPS) is 15.1. The largest absolute Gasteiger partial charge is 0.486 e. The van der Waals surface area contributed by atoms with Gasteiger partial charge in [-0.25, -0.2) is 9.78 Å². The van der Waals surface area contributed by atoms with Gasteiger partial charge in [-0.1, -0.05) is 30.0 Å². The Morgan fingerprint density at radius 3 is 2.86 bits per heavy atom. The van der Waals surface area contributed by atoms with Gasteiger partial charge < -0.3 is 19.5 Å². The molecule has 8 nitrogen and oxygen atoms in total. The zero-order chi connectivity index (χ0) is 20.2. The summed E-state index contributed by atoms with van der Waals surface area (Å²) >= 11 is 1.42. The highest BCUT2D eigenvalue weighted by Crippen LogP contribution is 2.30. The van der Waals surface area contributed by atoms with E-state index < -0.39 is 18.5 Å². The average molecular weight is 413 g/mol. The zero-order valence-corrected chi connectivity index (χ0v) is 16.5. The Kier molecular flexibility index (Phi) is 5.57. The van der Waals surface area contributed by atoms with Gasteiger partial charge in [-0.15, -0.1) is 0 Å². The number of carbonyl (C=O) groups is 2. The Morgan fingerprint density at radius 1 is 1.24 bits per heavy atom. The third-order valence-electron chi connectivity index (χ3n) is 4.32. The lowest BCUT2D eigenvalue weighted by atomic mass is 10.2. The molecule has 150 valence electrons. The molecule has 0 saturated carbocycles. The lowest BCUT2D eigenvalue weighted by Crippen LogP contribution is -2.42. The number of thioether (sulfide) groups is 1. The highest BCUT2D eigenvalue weighted by molar-refractivity contribution is 7.98. The highest BCUT2D eigenvalue weighted by atomic mass is 32.2. The minimum atomic E-state index is -0.643. The molecule has 3 aromatic rings. The van der Waals surface area contributed by atoms with Crippen molar-refractivity contribution in [3.8, 4) is 11.5 Å². The summed E-state index contributed by atoms with van der Waals surface area (Å²) in [6.45, 7) is 0.174. The first-order valence-corrected chi connectivity index (χ1v) is 10.2. The number of pyridine rings is 1. The smallest absolute Gasteiger partial charge is 0.359 e. The van der Waals surface area contributed by atoms with Gasteiger partial charge in [0.1, 0.15) is 12.7 Å². The predicted octanol–water partition coefficient (Wildman–Crippen LogP) is 2.17. The van der Waals surface area contributed by atoms with E-state index in [1.165, 1.54) is 11.8 Å². The minimum Gasteiger partial charge on any atom is -0.486 e. The number of fused-ring (bicyclic) bond motifs is 2. The SMILES string of the molecule is CSc1nc(C(=O)OCC(=O)NCC2COc3ccccc3O2)c2ccccn12. The Morgan fingerprint density at radius 2 is 2.03 bits per heavy atom. The zero-order valence-electron chi connectivity index (χ0n) is 15.7. The molecule has 0 radical (unpaired) electrons. The number of rotatable bonds is 6. The van der Waals surface area contributed by atoms with E-state index in [1.807, 2.05) is 48.9 Å². The third kappa shape index (κ3) is 4.14. The fraction of sp³-hybridized carbons (Fsp3) is 0.250. The van der Waals surface area contributed by atoms with Gasteiger partial charge in [0.15, 0.2) is 29.0 Å². The minimum absolute atomic E-state index is 0.184. The number of esters is 1. The number of aromatic nitrogens is 2. The molecule has 1 atom stereocenters. The van der Waals surface area contributed by atoms with Crippen LogP contribution in [0, 0.1) is 0 Å². The molecular formula is C20H19N3O5S. The molecule has 1 N–H and O–H groups in total. The first-order chi connectivity index (χ1) is 14.2. The maximum absolute atomic E-state index is 12.4. The van der Waals surface area contributed by atoms with E-state index in [4.69, 9.17) is 14.2 Å². The van der Waals surface area contributed by atoms with E-state index in [2.05, 4.69) is 10.3 Å². The number of ether oxygens (including phenoxy) is 3. The van der Waals surface area contributed by atoms with Crippen LogP contribution in [0.2, 0.25) is 0 Å². The van der Waals surface area contributed by atoms with Crippen molar-refractivity contribution in [2.24, 2.45) is 0 Å². The van der Waals surface area contributed by atoms with Crippen LogP contribution < -0.4 is 14.8 Å². The van der Waals surface area contributed by atoms with Crippen molar-refractivity contribution in [3.05, 3.63) is 54.4 Å². The molecule has 0 spiro atoms. The molecular weight excluding hydrogens is 394 g/mol. The van der Waals surface area contributed by atoms with Crippen molar-refractivity contribution in [2.75, 3.05) is 26.0 Å². The standard InChI is InChI=1S/C20H19N3O5S/c1-29-20-22-18(14-6-4-5-9-23(14)20)19(25)27-12-17(24)21-10-13-11-26-15-7-2-3-8-16(15)28-13/h2-9,13H,10-12H2,1H3,(H,21,24). The van der Waals surface area contributed by atoms with Crippen LogP contribution in [-0.4, -0.2) is 53.4 Å². The van der Waals surface area contributed by atoms with Gasteiger partial charge in [0, 0.05) is 6.20 Å². The maximum Gasteiger partial charge on any atom is 0.359 e. The maximum atomic E-state index is 12.4. The van der Waals surface area contributed by atoms with Gasteiger partial charge in [-0.3, -0.25) is 9.20 Å². The molecule has 1 aliphatic rings. The summed E-state index contributed by atoms with van der Waals surface area (Å²) in [6, 6.07) is 12.8. The molecule has 9 heteroatoms. The van der Waals surface area contributed by atoms with Gasteiger partial charge in [0.2, 0.25) is 0 Å². The average Bonchev–Trinajstić information content (AvgIpc) is 3.15. The van der Waals surface area contributed by atoms with Crippen molar-refractivity contribution in [3.63, 3.8) is 0 Å². The summed E-state index contributed by atoms with van der Waals surface area (Å²) in [5, 5.41) is 3.37. The molecule has 1 aromatic carbocycles. The monoisotopic (exact) mass is 413 g/mol. The van der Waals surface area contributed by atoms with Crippen LogP contribution in [0.5, 0.6) is 11.5 Å². The second-order valence-corrected chi connectivity index (χ2v) is 7.05. The Hall–Kier alpha value is -3.20. The molecule has 1 aliphatic heterocycles. The number of carbonyl (C=O) groups excluding carboxylic acids is 2. The molecule has 0 saturated heterocycles. The highest BCUT2D eigenvalue weighted by Gasteiger charge is 2.22. The summed E-state index contributed by atoms with van der Waals surface area (Å²) in [5.41, 5.74) is 0.817.